The molecule has 1 fully saturated rings. The van der Waals surface area contributed by atoms with Crippen LogP contribution in [0.15, 0.2) is 40.3 Å². The first-order valence-electron chi connectivity index (χ1n) is 8.13. The van der Waals surface area contributed by atoms with Crippen LogP contribution in [0.2, 0.25) is 0 Å². The van der Waals surface area contributed by atoms with Crippen molar-refractivity contribution in [2.24, 2.45) is 10.9 Å². The number of aromatic nitrogens is 2. The molecule has 0 aliphatic carbocycles. The van der Waals surface area contributed by atoms with E-state index in [4.69, 9.17) is 20.5 Å². The Morgan fingerprint density at radius 3 is 2.72 bits per heavy atom. The highest BCUT2D eigenvalue weighted by atomic mass is 32.1. The van der Waals surface area contributed by atoms with E-state index >= 15 is 0 Å². The molecule has 0 amide bonds. The van der Waals surface area contributed by atoms with E-state index in [1.54, 1.807) is 6.21 Å². The number of thiol groups is 1. The fourth-order valence-electron chi connectivity index (χ4n) is 2.74. The molecule has 1 aromatic heterocycles. The van der Waals surface area contributed by atoms with Gasteiger partial charge in [-0.1, -0.05) is 30.3 Å². The van der Waals surface area contributed by atoms with Crippen molar-refractivity contribution in [3.05, 3.63) is 41.6 Å². The average molecular weight is 355 g/mol. The van der Waals surface area contributed by atoms with Crippen LogP contribution >= 0.6 is 12.6 Å². The van der Waals surface area contributed by atoms with Gasteiger partial charge < -0.3 is 15.5 Å². The molecule has 130 valence electrons. The normalized spacial score (nSPS) is 15.4. The van der Waals surface area contributed by atoms with E-state index in [-0.39, 0.29) is 0 Å². The summed E-state index contributed by atoms with van der Waals surface area (Å²) in [5, 5.41) is 3.64. The van der Waals surface area contributed by atoms with Gasteiger partial charge in [0.25, 0.3) is 0 Å². The molecule has 1 saturated heterocycles. The standard InChI is InChI=1S/C18H21N5OS/c1-2-5-15-16(25)18(23-8-10-24-11-9-23)22-17(21-15)14-7-4-3-6-13(14)12-20-19/h2-7,12,25H,8-11,19H2,1H3/b5-2+,20-12-. The summed E-state index contributed by atoms with van der Waals surface area (Å²) in [6.07, 6.45) is 5.50. The lowest BCUT2D eigenvalue weighted by atomic mass is 10.1. The van der Waals surface area contributed by atoms with Gasteiger partial charge in [-0.2, -0.15) is 5.10 Å². The minimum absolute atomic E-state index is 0.628. The predicted molar refractivity (Wildman–Crippen MR) is 104 cm³/mol. The predicted octanol–water partition coefficient (Wildman–Crippen LogP) is 2.59. The highest BCUT2D eigenvalue weighted by Crippen LogP contribution is 2.30. The maximum absolute atomic E-state index is 5.45. The zero-order chi connectivity index (χ0) is 17.6. The molecule has 0 bridgehead atoms. The van der Waals surface area contributed by atoms with E-state index in [1.165, 1.54) is 0 Å². The number of rotatable bonds is 4. The second-order valence-electron chi connectivity index (χ2n) is 5.57. The van der Waals surface area contributed by atoms with Gasteiger partial charge in [0.15, 0.2) is 5.82 Å². The first-order valence-corrected chi connectivity index (χ1v) is 8.58. The van der Waals surface area contributed by atoms with Crippen LogP contribution in [0, 0.1) is 0 Å². The van der Waals surface area contributed by atoms with Crippen LogP contribution < -0.4 is 10.7 Å². The largest absolute Gasteiger partial charge is 0.378 e. The SMILES string of the molecule is C/C=C/c1nc(-c2ccccc2/C=N\N)nc(N2CCOCC2)c1S. The number of allylic oxidation sites excluding steroid dienone is 1. The van der Waals surface area contributed by atoms with Crippen molar-refractivity contribution in [1.82, 2.24) is 9.97 Å². The molecule has 1 aromatic carbocycles. The van der Waals surface area contributed by atoms with E-state index in [0.29, 0.717) is 19.0 Å². The average Bonchev–Trinajstić information content (AvgIpc) is 2.65. The minimum atomic E-state index is 0.628. The monoisotopic (exact) mass is 355 g/mol. The lowest BCUT2D eigenvalue weighted by Gasteiger charge is -2.29. The molecule has 2 heterocycles. The lowest BCUT2D eigenvalue weighted by molar-refractivity contribution is 0.122. The van der Waals surface area contributed by atoms with E-state index in [2.05, 4.69) is 22.6 Å². The van der Waals surface area contributed by atoms with Crippen LogP contribution in [0.1, 0.15) is 18.2 Å². The fraction of sp³-hybridized carbons (Fsp3) is 0.278. The molecule has 3 rings (SSSR count). The summed E-state index contributed by atoms with van der Waals surface area (Å²) < 4.78 is 5.45. The molecule has 6 nitrogen and oxygen atoms in total. The molecular weight excluding hydrogens is 334 g/mol. The third kappa shape index (κ3) is 3.83. The molecule has 2 aromatic rings. The first-order chi connectivity index (χ1) is 12.2. The number of morpholine rings is 1. The van der Waals surface area contributed by atoms with Crippen molar-refractivity contribution in [3.63, 3.8) is 0 Å². The van der Waals surface area contributed by atoms with Gasteiger partial charge in [-0.15, -0.1) is 12.6 Å². The summed E-state index contributed by atoms with van der Waals surface area (Å²) >= 11 is 4.68. The van der Waals surface area contributed by atoms with Crippen molar-refractivity contribution in [3.8, 4) is 11.4 Å². The molecule has 0 radical (unpaired) electrons. The molecule has 7 heteroatoms. The maximum Gasteiger partial charge on any atom is 0.162 e. The number of hydrogen-bond acceptors (Lipinski definition) is 7. The van der Waals surface area contributed by atoms with Gasteiger partial charge in [0, 0.05) is 24.2 Å². The Labute approximate surface area is 152 Å². The Kier molecular flexibility index (Phi) is 5.67. The van der Waals surface area contributed by atoms with Crippen molar-refractivity contribution in [2.75, 3.05) is 31.2 Å². The summed E-state index contributed by atoms with van der Waals surface area (Å²) in [7, 11) is 0. The van der Waals surface area contributed by atoms with Gasteiger partial charge in [0.1, 0.15) is 5.82 Å². The molecule has 0 saturated carbocycles. The molecule has 2 N–H and O–H groups in total. The Hall–Kier alpha value is -2.38. The molecule has 0 atom stereocenters. The van der Waals surface area contributed by atoms with E-state index < -0.39 is 0 Å². The second kappa shape index (κ2) is 8.13. The number of anilines is 1. The van der Waals surface area contributed by atoms with Crippen LogP contribution in [0.25, 0.3) is 17.5 Å². The molecule has 25 heavy (non-hydrogen) atoms. The van der Waals surface area contributed by atoms with Crippen molar-refractivity contribution >= 4 is 30.7 Å². The van der Waals surface area contributed by atoms with Gasteiger partial charge in [-0.3, -0.25) is 0 Å². The quantitative estimate of drug-likeness (QED) is 0.382. The summed E-state index contributed by atoms with van der Waals surface area (Å²) in [5.74, 6) is 6.79. The van der Waals surface area contributed by atoms with Crippen LogP contribution in [0.5, 0.6) is 0 Å². The van der Waals surface area contributed by atoms with Gasteiger partial charge in [-0.05, 0) is 13.0 Å². The molecular formula is C18H21N5OS. The van der Waals surface area contributed by atoms with Crippen molar-refractivity contribution in [1.29, 1.82) is 0 Å². The van der Waals surface area contributed by atoms with Crippen LogP contribution in [0.3, 0.4) is 0 Å². The highest BCUT2D eigenvalue weighted by Gasteiger charge is 2.20. The summed E-state index contributed by atoms with van der Waals surface area (Å²) in [4.78, 5) is 12.5. The molecule has 0 spiro atoms. The Morgan fingerprint density at radius 1 is 1.24 bits per heavy atom. The van der Waals surface area contributed by atoms with Gasteiger partial charge in [0.05, 0.1) is 30.0 Å². The number of nitrogens with zero attached hydrogens (tertiary/aromatic N) is 4. The van der Waals surface area contributed by atoms with Crippen LogP contribution in [-0.2, 0) is 4.74 Å². The van der Waals surface area contributed by atoms with Crippen molar-refractivity contribution in [2.45, 2.75) is 11.8 Å². The summed E-state index contributed by atoms with van der Waals surface area (Å²) in [6, 6.07) is 7.79. The number of hydrazone groups is 1. The van der Waals surface area contributed by atoms with Gasteiger partial charge >= 0.3 is 0 Å². The number of hydrogen-bond donors (Lipinski definition) is 2. The smallest absolute Gasteiger partial charge is 0.162 e. The first kappa shape index (κ1) is 17.4. The molecule has 1 aliphatic rings. The van der Waals surface area contributed by atoms with E-state index in [9.17, 15) is 0 Å². The van der Waals surface area contributed by atoms with Gasteiger partial charge in [-0.25, -0.2) is 9.97 Å². The van der Waals surface area contributed by atoms with E-state index in [0.717, 1.165) is 40.6 Å². The van der Waals surface area contributed by atoms with Crippen LogP contribution in [0.4, 0.5) is 5.82 Å². The zero-order valence-corrected chi connectivity index (χ0v) is 15.0. The van der Waals surface area contributed by atoms with E-state index in [1.807, 2.05) is 43.3 Å². The second-order valence-corrected chi connectivity index (χ2v) is 6.02. The topological polar surface area (TPSA) is 76.6 Å². The van der Waals surface area contributed by atoms with Crippen LogP contribution in [-0.4, -0.2) is 42.5 Å². The Bertz CT molecular complexity index is 800. The summed E-state index contributed by atoms with van der Waals surface area (Å²) in [5.41, 5.74) is 2.54. The van der Waals surface area contributed by atoms with Gasteiger partial charge in [0.2, 0.25) is 0 Å². The zero-order valence-electron chi connectivity index (χ0n) is 14.1. The molecule has 0 unspecified atom stereocenters. The molecule has 1 aliphatic heterocycles. The Balaban J connectivity index is 2.15. The lowest BCUT2D eigenvalue weighted by Crippen LogP contribution is -2.37. The number of benzene rings is 1. The summed E-state index contributed by atoms with van der Waals surface area (Å²) in [6.45, 7) is 4.89. The number of nitrogens with two attached hydrogens (primary N) is 1. The number of ether oxygens (including phenoxy) is 1. The third-order valence-corrected chi connectivity index (χ3v) is 4.37. The maximum atomic E-state index is 5.45. The van der Waals surface area contributed by atoms with Crippen molar-refractivity contribution < 1.29 is 4.74 Å². The Morgan fingerprint density at radius 2 is 2.00 bits per heavy atom. The third-order valence-electron chi connectivity index (χ3n) is 3.94. The fourth-order valence-corrected chi connectivity index (χ4v) is 3.06. The highest BCUT2D eigenvalue weighted by molar-refractivity contribution is 7.80. The minimum Gasteiger partial charge on any atom is -0.378 e.